The summed E-state index contributed by atoms with van der Waals surface area (Å²) in [5, 5.41) is 0. The van der Waals surface area contributed by atoms with Gasteiger partial charge in [0.05, 0.1) is 13.7 Å². The largest absolute Gasteiger partial charge is 0.493 e. The minimum atomic E-state index is 0.0165. The summed E-state index contributed by atoms with van der Waals surface area (Å²) in [4.78, 5) is 0. The van der Waals surface area contributed by atoms with Crippen LogP contribution in [0.25, 0.3) is 0 Å². The molecule has 1 fully saturated rings. The molecule has 0 saturated heterocycles. The zero-order chi connectivity index (χ0) is 13.0. The monoisotopic (exact) mass is 249 g/mol. The van der Waals surface area contributed by atoms with Gasteiger partial charge in [-0.15, -0.1) is 0 Å². The summed E-state index contributed by atoms with van der Waals surface area (Å²) in [7, 11) is 1.67. The highest BCUT2D eigenvalue weighted by molar-refractivity contribution is 5.43. The smallest absolute Gasteiger partial charge is 0.161 e. The molecule has 0 amide bonds. The maximum Gasteiger partial charge on any atom is 0.161 e. The third kappa shape index (κ3) is 3.16. The quantitative estimate of drug-likeness (QED) is 0.871. The highest BCUT2D eigenvalue weighted by Crippen LogP contribution is 2.32. The van der Waals surface area contributed by atoms with E-state index in [1.54, 1.807) is 7.11 Å². The molecule has 18 heavy (non-hydrogen) atoms. The molecule has 100 valence electrons. The summed E-state index contributed by atoms with van der Waals surface area (Å²) in [6, 6.07) is 5.96. The van der Waals surface area contributed by atoms with Crippen LogP contribution in [0.4, 0.5) is 0 Å². The van der Waals surface area contributed by atoms with Crippen molar-refractivity contribution < 1.29 is 9.47 Å². The van der Waals surface area contributed by atoms with E-state index in [9.17, 15) is 0 Å². The second kappa shape index (κ2) is 6.10. The number of benzene rings is 1. The topological polar surface area (TPSA) is 44.5 Å². The van der Waals surface area contributed by atoms with Gasteiger partial charge in [-0.05, 0) is 43.4 Å². The molecule has 1 aromatic carbocycles. The van der Waals surface area contributed by atoms with E-state index >= 15 is 0 Å². The van der Waals surface area contributed by atoms with Crippen molar-refractivity contribution in [3.8, 4) is 11.5 Å². The molecule has 0 bridgehead atoms. The van der Waals surface area contributed by atoms with Gasteiger partial charge in [0.1, 0.15) is 0 Å². The fourth-order valence-corrected chi connectivity index (χ4v) is 2.47. The van der Waals surface area contributed by atoms with Gasteiger partial charge in [0.2, 0.25) is 0 Å². The van der Waals surface area contributed by atoms with Crippen LogP contribution in [0, 0.1) is 5.92 Å². The van der Waals surface area contributed by atoms with E-state index in [0.29, 0.717) is 5.92 Å². The number of ether oxygens (including phenoxy) is 2. The van der Waals surface area contributed by atoms with Crippen molar-refractivity contribution >= 4 is 0 Å². The maximum atomic E-state index is 5.88. The molecular weight excluding hydrogens is 226 g/mol. The van der Waals surface area contributed by atoms with Crippen LogP contribution in [0.1, 0.15) is 44.2 Å². The van der Waals surface area contributed by atoms with Gasteiger partial charge >= 0.3 is 0 Å². The normalized spacial score (nSPS) is 17.7. The lowest BCUT2D eigenvalue weighted by atomic mass is 10.1. The van der Waals surface area contributed by atoms with Crippen molar-refractivity contribution in [1.29, 1.82) is 0 Å². The van der Waals surface area contributed by atoms with E-state index in [1.807, 2.05) is 25.1 Å². The first kappa shape index (κ1) is 13.2. The molecule has 3 heteroatoms. The molecule has 1 unspecified atom stereocenters. The van der Waals surface area contributed by atoms with Gasteiger partial charge in [0.25, 0.3) is 0 Å². The van der Waals surface area contributed by atoms with Crippen LogP contribution in [-0.4, -0.2) is 13.7 Å². The summed E-state index contributed by atoms with van der Waals surface area (Å²) >= 11 is 0. The van der Waals surface area contributed by atoms with Crippen molar-refractivity contribution in [3.05, 3.63) is 23.8 Å². The lowest BCUT2D eigenvalue weighted by Gasteiger charge is -2.15. The van der Waals surface area contributed by atoms with Gasteiger partial charge in [-0.25, -0.2) is 0 Å². The van der Waals surface area contributed by atoms with Crippen LogP contribution in [0.15, 0.2) is 18.2 Å². The van der Waals surface area contributed by atoms with Crippen LogP contribution < -0.4 is 15.2 Å². The number of hydrogen-bond donors (Lipinski definition) is 1. The summed E-state index contributed by atoms with van der Waals surface area (Å²) in [5.41, 5.74) is 6.93. The number of nitrogens with two attached hydrogens (primary N) is 1. The van der Waals surface area contributed by atoms with Gasteiger partial charge in [-0.3, -0.25) is 0 Å². The second-order valence-corrected chi connectivity index (χ2v) is 5.16. The minimum absolute atomic E-state index is 0.0165. The third-order valence-electron chi connectivity index (χ3n) is 3.66. The van der Waals surface area contributed by atoms with E-state index in [2.05, 4.69) is 0 Å². The molecule has 0 heterocycles. The Hall–Kier alpha value is -1.22. The predicted molar refractivity (Wildman–Crippen MR) is 73.0 cm³/mol. The molecule has 0 aliphatic heterocycles. The standard InChI is InChI=1S/C15H23NO2/c1-11(16)13-7-8-14(15(9-13)17-2)18-10-12-5-3-4-6-12/h7-9,11-12H,3-6,10,16H2,1-2H3. The SMILES string of the molecule is COc1cc(C(C)N)ccc1OCC1CCCC1. The number of methoxy groups -OCH3 is 1. The average Bonchev–Trinajstić information content (AvgIpc) is 2.89. The zero-order valence-corrected chi connectivity index (χ0v) is 11.3. The fourth-order valence-electron chi connectivity index (χ4n) is 2.47. The van der Waals surface area contributed by atoms with Crippen molar-refractivity contribution in [2.45, 2.75) is 38.6 Å². The Morgan fingerprint density at radius 2 is 2.00 bits per heavy atom. The Morgan fingerprint density at radius 3 is 2.61 bits per heavy atom. The van der Waals surface area contributed by atoms with Gasteiger partial charge in [0, 0.05) is 6.04 Å². The molecule has 1 saturated carbocycles. The minimum Gasteiger partial charge on any atom is -0.493 e. The highest BCUT2D eigenvalue weighted by Gasteiger charge is 2.16. The van der Waals surface area contributed by atoms with E-state index < -0.39 is 0 Å². The van der Waals surface area contributed by atoms with Gasteiger partial charge < -0.3 is 15.2 Å². The van der Waals surface area contributed by atoms with Crippen LogP contribution in [-0.2, 0) is 0 Å². The van der Waals surface area contributed by atoms with Crippen LogP contribution in [0.3, 0.4) is 0 Å². The molecule has 2 rings (SSSR count). The van der Waals surface area contributed by atoms with E-state index in [-0.39, 0.29) is 6.04 Å². The lowest BCUT2D eigenvalue weighted by Crippen LogP contribution is -2.09. The molecule has 1 atom stereocenters. The Bertz CT molecular complexity index is 384. The molecule has 0 spiro atoms. The Morgan fingerprint density at radius 1 is 1.28 bits per heavy atom. The Kier molecular flexibility index (Phi) is 4.48. The van der Waals surface area contributed by atoms with Crippen molar-refractivity contribution in [1.82, 2.24) is 0 Å². The molecule has 2 N–H and O–H groups in total. The lowest BCUT2D eigenvalue weighted by molar-refractivity contribution is 0.240. The molecule has 1 aliphatic rings. The number of rotatable bonds is 5. The summed E-state index contributed by atoms with van der Waals surface area (Å²) in [6.45, 7) is 2.77. The van der Waals surface area contributed by atoms with Crippen LogP contribution in [0.5, 0.6) is 11.5 Å². The van der Waals surface area contributed by atoms with Crippen molar-refractivity contribution in [2.75, 3.05) is 13.7 Å². The molecule has 3 nitrogen and oxygen atoms in total. The third-order valence-corrected chi connectivity index (χ3v) is 3.66. The first-order chi connectivity index (χ1) is 8.70. The first-order valence-corrected chi connectivity index (χ1v) is 6.77. The summed E-state index contributed by atoms with van der Waals surface area (Å²) in [5.74, 6) is 2.32. The van der Waals surface area contributed by atoms with Gasteiger partial charge in [-0.1, -0.05) is 18.9 Å². The van der Waals surface area contributed by atoms with Crippen molar-refractivity contribution in [3.63, 3.8) is 0 Å². The van der Waals surface area contributed by atoms with E-state index in [0.717, 1.165) is 23.7 Å². The van der Waals surface area contributed by atoms with E-state index in [1.165, 1.54) is 25.7 Å². The molecule has 0 radical (unpaired) electrons. The fraction of sp³-hybridized carbons (Fsp3) is 0.600. The summed E-state index contributed by atoms with van der Waals surface area (Å²) in [6.07, 6.45) is 5.27. The van der Waals surface area contributed by atoms with Gasteiger partial charge in [-0.2, -0.15) is 0 Å². The molecule has 0 aromatic heterocycles. The first-order valence-electron chi connectivity index (χ1n) is 6.77. The molecule has 1 aromatic rings. The maximum absolute atomic E-state index is 5.88. The molecule has 1 aliphatic carbocycles. The zero-order valence-electron chi connectivity index (χ0n) is 11.3. The molecular formula is C15H23NO2. The summed E-state index contributed by atoms with van der Waals surface area (Å²) < 4.78 is 11.3. The van der Waals surface area contributed by atoms with Crippen molar-refractivity contribution in [2.24, 2.45) is 11.7 Å². The van der Waals surface area contributed by atoms with Crippen LogP contribution in [0.2, 0.25) is 0 Å². The average molecular weight is 249 g/mol. The van der Waals surface area contributed by atoms with Gasteiger partial charge in [0.15, 0.2) is 11.5 Å². The van der Waals surface area contributed by atoms with E-state index in [4.69, 9.17) is 15.2 Å². The second-order valence-electron chi connectivity index (χ2n) is 5.16. The highest BCUT2D eigenvalue weighted by atomic mass is 16.5. The predicted octanol–water partition coefficient (Wildman–Crippen LogP) is 3.28. The Balaban J connectivity index is 2.02. The number of hydrogen-bond acceptors (Lipinski definition) is 3. The van der Waals surface area contributed by atoms with Crippen LogP contribution >= 0.6 is 0 Å². The Labute approximate surface area is 109 Å².